The zero-order valence-corrected chi connectivity index (χ0v) is 11.8. The van der Waals surface area contributed by atoms with Crippen LogP contribution in [-0.4, -0.2) is 27.7 Å². The smallest absolute Gasteiger partial charge is 0.240 e. The van der Waals surface area contributed by atoms with Crippen LogP contribution in [0.5, 0.6) is 0 Å². The number of sulfonamides is 1. The zero-order chi connectivity index (χ0) is 13.8. The van der Waals surface area contributed by atoms with Crippen LogP contribution < -0.4 is 10.5 Å². The summed E-state index contributed by atoms with van der Waals surface area (Å²) >= 11 is 0. The van der Waals surface area contributed by atoms with Crippen molar-refractivity contribution in [2.45, 2.75) is 31.8 Å². The van der Waals surface area contributed by atoms with Crippen LogP contribution in [-0.2, 0) is 14.8 Å². The second-order valence-corrected chi connectivity index (χ2v) is 6.02. The molecule has 1 aromatic rings. The van der Waals surface area contributed by atoms with Gasteiger partial charge in [0.1, 0.15) is 0 Å². The second kappa shape index (κ2) is 6.17. The van der Waals surface area contributed by atoms with Crippen LogP contribution in [0, 0.1) is 6.92 Å². The maximum Gasteiger partial charge on any atom is 0.240 e. The van der Waals surface area contributed by atoms with Gasteiger partial charge in [-0.15, -0.1) is 0 Å². The molecule has 0 aliphatic heterocycles. The molecule has 5 nitrogen and oxygen atoms in total. The van der Waals surface area contributed by atoms with Crippen molar-refractivity contribution >= 4 is 15.7 Å². The first-order valence-electron chi connectivity index (χ1n) is 5.81. The highest BCUT2D eigenvalue weighted by molar-refractivity contribution is 7.89. The molecule has 0 spiro atoms. The molecule has 102 valence electrons. The number of nitrogens with two attached hydrogens (primary N) is 1. The molecule has 0 radical (unpaired) electrons. The number of ether oxygens (including phenoxy) is 1. The molecular weight excluding hydrogens is 252 g/mol. The van der Waals surface area contributed by atoms with Crippen molar-refractivity contribution in [3.05, 3.63) is 23.8 Å². The lowest BCUT2D eigenvalue weighted by molar-refractivity contribution is 0.0834. The molecule has 0 aliphatic rings. The molecule has 3 N–H and O–H groups in total. The number of nitrogens with one attached hydrogen (secondary N) is 1. The Morgan fingerprint density at radius 1 is 1.39 bits per heavy atom. The summed E-state index contributed by atoms with van der Waals surface area (Å²) in [5.41, 5.74) is 6.73. The topological polar surface area (TPSA) is 81.4 Å². The van der Waals surface area contributed by atoms with E-state index in [1.54, 1.807) is 19.1 Å². The SMILES string of the molecule is Cc1c(N)cccc1S(=O)(=O)NCCOC(C)C. The summed E-state index contributed by atoms with van der Waals surface area (Å²) in [5, 5.41) is 0. The molecule has 0 aliphatic carbocycles. The first-order chi connectivity index (χ1) is 8.34. The molecule has 0 fully saturated rings. The summed E-state index contributed by atoms with van der Waals surface area (Å²) in [4.78, 5) is 0.215. The summed E-state index contributed by atoms with van der Waals surface area (Å²) < 4.78 is 31.8. The highest BCUT2D eigenvalue weighted by atomic mass is 32.2. The van der Waals surface area contributed by atoms with E-state index in [2.05, 4.69) is 4.72 Å². The van der Waals surface area contributed by atoms with E-state index in [0.29, 0.717) is 17.9 Å². The molecule has 1 aromatic carbocycles. The van der Waals surface area contributed by atoms with Gasteiger partial charge in [0.2, 0.25) is 10.0 Å². The van der Waals surface area contributed by atoms with Gasteiger partial charge in [-0.2, -0.15) is 0 Å². The van der Waals surface area contributed by atoms with E-state index in [9.17, 15) is 8.42 Å². The molecule has 0 amide bonds. The molecule has 6 heteroatoms. The van der Waals surface area contributed by atoms with Crippen molar-refractivity contribution in [2.24, 2.45) is 0 Å². The van der Waals surface area contributed by atoms with Crippen LogP contribution in [0.1, 0.15) is 19.4 Å². The monoisotopic (exact) mass is 272 g/mol. The van der Waals surface area contributed by atoms with Crippen LogP contribution in [0.25, 0.3) is 0 Å². The minimum absolute atomic E-state index is 0.0867. The maximum absolute atomic E-state index is 12.0. The van der Waals surface area contributed by atoms with Gasteiger partial charge in [0.25, 0.3) is 0 Å². The van der Waals surface area contributed by atoms with Crippen molar-refractivity contribution in [1.82, 2.24) is 4.72 Å². The summed E-state index contributed by atoms with van der Waals surface area (Å²) in [6.45, 7) is 6.08. The Kier molecular flexibility index (Phi) is 5.13. The summed E-state index contributed by atoms with van der Waals surface area (Å²) in [7, 11) is -3.52. The molecule has 0 heterocycles. The van der Waals surface area contributed by atoms with Gasteiger partial charge in [-0.25, -0.2) is 13.1 Å². The lowest BCUT2D eigenvalue weighted by Crippen LogP contribution is -2.28. The van der Waals surface area contributed by atoms with E-state index < -0.39 is 10.0 Å². The van der Waals surface area contributed by atoms with Gasteiger partial charge >= 0.3 is 0 Å². The predicted molar refractivity (Wildman–Crippen MR) is 71.9 cm³/mol. The lowest BCUT2D eigenvalue weighted by atomic mass is 10.2. The van der Waals surface area contributed by atoms with Crippen molar-refractivity contribution in [1.29, 1.82) is 0 Å². The van der Waals surface area contributed by atoms with Gasteiger partial charge in [0.05, 0.1) is 17.6 Å². The van der Waals surface area contributed by atoms with Gasteiger partial charge in [-0.1, -0.05) is 6.07 Å². The highest BCUT2D eigenvalue weighted by Crippen LogP contribution is 2.19. The fourth-order valence-electron chi connectivity index (χ4n) is 1.47. The Bertz CT molecular complexity index is 498. The first-order valence-corrected chi connectivity index (χ1v) is 7.29. The average molecular weight is 272 g/mol. The van der Waals surface area contributed by atoms with Crippen molar-refractivity contribution < 1.29 is 13.2 Å². The van der Waals surface area contributed by atoms with Gasteiger partial charge in [0, 0.05) is 12.2 Å². The number of hydrogen-bond acceptors (Lipinski definition) is 4. The standard InChI is InChI=1S/C12H20N2O3S/c1-9(2)17-8-7-14-18(15,16)12-6-4-5-11(13)10(12)3/h4-6,9,14H,7-8,13H2,1-3H3. The van der Waals surface area contributed by atoms with Crippen molar-refractivity contribution in [3.8, 4) is 0 Å². The molecule has 18 heavy (non-hydrogen) atoms. The number of nitrogen functional groups attached to an aromatic ring is 1. The molecular formula is C12H20N2O3S. The molecule has 1 rings (SSSR count). The zero-order valence-electron chi connectivity index (χ0n) is 10.9. The molecule has 0 unspecified atom stereocenters. The largest absolute Gasteiger partial charge is 0.398 e. The van der Waals surface area contributed by atoms with E-state index >= 15 is 0 Å². The fourth-order valence-corrected chi connectivity index (χ4v) is 2.76. The summed E-state index contributed by atoms with van der Waals surface area (Å²) in [5.74, 6) is 0. The first kappa shape index (κ1) is 14.9. The van der Waals surface area contributed by atoms with Crippen LogP contribution in [0.2, 0.25) is 0 Å². The van der Waals surface area contributed by atoms with Gasteiger partial charge in [-0.3, -0.25) is 0 Å². The normalized spacial score (nSPS) is 12.0. The number of hydrogen-bond donors (Lipinski definition) is 2. The molecule has 0 saturated carbocycles. The Balaban J connectivity index is 2.72. The van der Waals surface area contributed by atoms with E-state index in [1.165, 1.54) is 6.07 Å². The van der Waals surface area contributed by atoms with E-state index in [0.717, 1.165) is 0 Å². The Morgan fingerprint density at radius 3 is 2.67 bits per heavy atom. The Labute approximate surface area is 108 Å². The lowest BCUT2D eigenvalue weighted by Gasteiger charge is -2.11. The average Bonchev–Trinajstić information content (AvgIpc) is 2.28. The minimum Gasteiger partial charge on any atom is -0.398 e. The molecule has 0 aromatic heterocycles. The molecule has 0 bridgehead atoms. The van der Waals surface area contributed by atoms with Gasteiger partial charge < -0.3 is 10.5 Å². The molecule has 0 atom stereocenters. The highest BCUT2D eigenvalue weighted by Gasteiger charge is 2.17. The number of anilines is 1. The van der Waals surface area contributed by atoms with E-state index in [1.807, 2.05) is 13.8 Å². The van der Waals surface area contributed by atoms with Gasteiger partial charge in [-0.05, 0) is 38.5 Å². The second-order valence-electron chi connectivity index (χ2n) is 4.29. The van der Waals surface area contributed by atoms with Crippen LogP contribution >= 0.6 is 0 Å². The third kappa shape index (κ3) is 3.97. The minimum atomic E-state index is -3.52. The predicted octanol–water partition coefficient (Wildman–Crippen LogP) is 1.28. The summed E-state index contributed by atoms with van der Waals surface area (Å²) in [6.07, 6.45) is 0.0867. The Hall–Kier alpha value is -1.11. The van der Waals surface area contributed by atoms with Crippen molar-refractivity contribution in [3.63, 3.8) is 0 Å². The van der Waals surface area contributed by atoms with Crippen LogP contribution in [0.4, 0.5) is 5.69 Å². The van der Waals surface area contributed by atoms with E-state index in [-0.39, 0.29) is 17.5 Å². The number of benzene rings is 1. The summed E-state index contributed by atoms with van der Waals surface area (Å²) in [6, 6.07) is 4.84. The van der Waals surface area contributed by atoms with Crippen LogP contribution in [0.15, 0.2) is 23.1 Å². The number of rotatable bonds is 6. The molecule has 0 saturated heterocycles. The quantitative estimate of drug-likeness (QED) is 0.604. The third-order valence-electron chi connectivity index (χ3n) is 2.46. The van der Waals surface area contributed by atoms with Crippen molar-refractivity contribution in [2.75, 3.05) is 18.9 Å². The van der Waals surface area contributed by atoms with Crippen LogP contribution in [0.3, 0.4) is 0 Å². The van der Waals surface area contributed by atoms with E-state index in [4.69, 9.17) is 10.5 Å². The van der Waals surface area contributed by atoms with Gasteiger partial charge in [0.15, 0.2) is 0 Å². The third-order valence-corrected chi connectivity index (χ3v) is 4.07. The maximum atomic E-state index is 12.0. The fraction of sp³-hybridized carbons (Fsp3) is 0.500. The Morgan fingerprint density at radius 2 is 2.06 bits per heavy atom.